The predicted molar refractivity (Wildman–Crippen MR) is 106 cm³/mol. The molecule has 0 saturated heterocycles. The molecule has 0 aliphatic carbocycles. The van der Waals surface area contributed by atoms with Crippen LogP contribution < -0.4 is 0 Å². The van der Waals surface area contributed by atoms with Crippen molar-refractivity contribution in [3.05, 3.63) is 35.9 Å². The minimum absolute atomic E-state index is 0.807. The molecule has 0 saturated carbocycles. The van der Waals surface area contributed by atoms with Crippen LogP contribution >= 0.6 is 7.26 Å². The lowest BCUT2D eigenvalue weighted by atomic mass is 10.1. The van der Waals surface area contributed by atoms with Gasteiger partial charge in [-0.05, 0) is 37.2 Å². The highest BCUT2D eigenvalue weighted by Crippen LogP contribution is 2.63. The Morgan fingerprint density at radius 2 is 1.36 bits per heavy atom. The van der Waals surface area contributed by atoms with Crippen LogP contribution in [0.3, 0.4) is 0 Å². The van der Waals surface area contributed by atoms with Crippen LogP contribution in [0.4, 0.5) is 0 Å². The number of rotatable bonds is 12. The van der Waals surface area contributed by atoms with Crippen molar-refractivity contribution < 1.29 is 0 Å². The van der Waals surface area contributed by atoms with Crippen LogP contribution in [0.1, 0.15) is 71.8 Å². The van der Waals surface area contributed by atoms with Gasteiger partial charge in [-0.3, -0.25) is 0 Å². The van der Waals surface area contributed by atoms with Gasteiger partial charge in [-0.1, -0.05) is 70.9 Å². The van der Waals surface area contributed by atoms with E-state index in [0.29, 0.717) is 0 Å². The summed E-state index contributed by atoms with van der Waals surface area (Å²) in [5.41, 5.74) is 1.59. The Morgan fingerprint density at radius 3 is 1.86 bits per heavy atom. The van der Waals surface area contributed by atoms with Gasteiger partial charge in [0.15, 0.2) is 0 Å². The van der Waals surface area contributed by atoms with Crippen LogP contribution in [-0.2, 0) is 6.16 Å². The first-order valence-electron chi connectivity index (χ1n) is 9.51. The molecule has 0 N–H and O–H groups in total. The molecular weight excluding hydrogens is 283 g/mol. The summed E-state index contributed by atoms with van der Waals surface area (Å²) in [5, 5.41) is 0. The monoisotopic (exact) mass is 321 g/mol. The van der Waals surface area contributed by atoms with Crippen molar-refractivity contribution in [3.63, 3.8) is 0 Å². The van der Waals surface area contributed by atoms with E-state index >= 15 is 0 Å². The Hall–Kier alpha value is -0.350. The maximum absolute atomic E-state index is 2.37. The molecule has 1 aromatic rings. The van der Waals surface area contributed by atoms with Crippen LogP contribution in [0, 0.1) is 5.92 Å². The maximum atomic E-state index is 2.37. The number of unbranched alkanes of at least 4 members (excludes halogenated alkanes) is 2. The maximum Gasteiger partial charge on any atom is 0.0842 e. The topological polar surface area (TPSA) is 0 Å². The zero-order valence-electron chi connectivity index (χ0n) is 15.5. The van der Waals surface area contributed by atoms with Crippen molar-refractivity contribution in [3.8, 4) is 0 Å². The third-order valence-corrected chi connectivity index (χ3v) is 9.58. The smallest absolute Gasteiger partial charge is 0.0652 e. The molecule has 1 rings (SSSR count). The van der Waals surface area contributed by atoms with Crippen LogP contribution in [0.2, 0.25) is 0 Å². The minimum atomic E-state index is -0.807. The summed E-state index contributed by atoms with van der Waals surface area (Å²) < 4.78 is 0. The third-order valence-electron chi connectivity index (χ3n) is 4.75. The molecule has 0 radical (unpaired) electrons. The van der Waals surface area contributed by atoms with E-state index in [4.69, 9.17) is 0 Å². The van der Waals surface area contributed by atoms with Crippen LogP contribution in [0.15, 0.2) is 30.3 Å². The number of benzene rings is 1. The second kappa shape index (κ2) is 11.2. The van der Waals surface area contributed by atoms with Gasteiger partial charge in [0.25, 0.3) is 0 Å². The normalized spacial score (nSPS) is 12.0. The quantitative estimate of drug-likeness (QED) is 0.356. The summed E-state index contributed by atoms with van der Waals surface area (Å²) in [6.45, 7) is 9.45. The van der Waals surface area contributed by atoms with Crippen molar-refractivity contribution in [2.45, 2.75) is 72.4 Å². The van der Waals surface area contributed by atoms with E-state index < -0.39 is 7.26 Å². The van der Waals surface area contributed by atoms with Gasteiger partial charge in [0.1, 0.15) is 0 Å². The van der Waals surface area contributed by atoms with Gasteiger partial charge in [-0.25, -0.2) is 0 Å². The van der Waals surface area contributed by atoms with Crippen LogP contribution in [0.25, 0.3) is 0 Å². The van der Waals surface area contributed by atoms with Crippen molar-refractivity contribution in [2.75, 3.05) is 18.5 Å². The summed E-state index contributed by atoms with van der Waals surface area (Å²) in [4.78, 5) is 0. The molecule has 0 spiro atoms. The van der Waals surface area contributed by atoms with Crippen molar-refractivity contribution in [1.29, 1.82) is 0 Å². The lowest BCUT2D eigenvalue weighted by molar-refractivity contribution is 0.576. The lowest BCUT2D eigenvalue weighted by Crippen LogP contribution is -2.12. The molecule has 0 bridgehead atoms. The summed E-state index contributed by atoms with van der Waals surface area (Å²) >= 11 is 0. The van der Waals surface area contributed by atoms with Crippen LogP contribution in [-0.4, -0.2) is 18.5 Å². The minimum Gasteiger partial charge on any atom is -0.0652 e. The fraction of sp³-hybridized carbons (Fsp3) is 0.714. The molecule has 0 aromatic heterocycles. The van der Waals surface area contributed by atoms with Crippen molar-refractivity contribution >= 4 is 7.26 Å². The van der Waals surface area contributed by atoms with E-state index in [1.54, 1.807) is 5.56 Å². The molecule has 1 aromatic carbocycles. The summed E-state index contributed by atoms with van der Waals surface area (Å²) in [6, 6.07) is 11.3. The molecule has 0 nitrogen and oxygen atoms in total. The molecule has 0 heterocycles. The van der Waals surface area contributed by atoms with E-state index in [1.165, 1.54) is 63.2 Å². The first-order valence-corrected chi connectivity index (χ1v) is 12.0. The highest BCUT2D eigenvalue weighted by molar-refractivity contribution is 7.75. The highest BCUT2D eigenvalue weighted by atomic mass is 31.2. The van der Waals surface area contributed by atoms with E-state index in [1.807, 2.05) is 0 Å². The van der Waals surface area contributed by atoms with Gasteiger partial charge in [0, 0.05) is 7.26 Å². The Kier molecular flexibility index (Phi) is 10.1. The Balaban J connectivity index is 2.80. The summed E-state index contributed by atoms with van der Waals surface area (Å²) in [7, 11) is -0.807. The molecule has 0 fully saturated rings. The van der Waals surface area contributed by atoms with Gasteiger partial charge >= 0.3 is 0 Å². The fourth-order valence-corrected chi connectivity index (χ4v) is 8.32. The van der Waals surface area contributed by atoms with E-state index in [0.717, 1.165) is 5.92 Å². The molecular formula is C21H38P+. The Bertz CT molecular complexity index is 361. The van der Waals surface area contributed by atoms with Gasteiger partial charge in [-0.2, -0.15) is 0 Å². The molecule has 0 aliphatic rings. The second-order valence-electron chi connectivity index (χ2n) is 7.40. The second-order valence-corrected chi connectivity index (χ2v) is 11.7. The van der Waals surface area contributed by atoms with E-state index in [2.05, 4.69) is 58.0 Å². The zero-order chi connectivity index (χ0) is 16.3. The van der Waals surface area contributed by atoms with Crippen molar-refractivity contribution in [2.24, 2.45) is 5.92 Å². The zero-order valence-corrected chi connectivity index (χ0v) is 16.4. The Labute approximate surface area is 140 Å². The van der Waals surface area contributed by atoms with E-state index in [-0.39, 0.29) is 0 Å². The first kappa shape index (κ1) is 19.7. The third kappa shape index (κ3) is 7.77. The van der Waals surface area contributed by atoms with Gasteiger partial charge < -0.3 is 0 Å². The Morgan fingerprint density at radius 1 is 0.818 bits per heavy atom. The van der Waals surface area contributed by atoms with E-state index in [9.17, 15) is 0 Å². The predicted octanol–water partition coefficient (Wildman–Crippen LogP) is 7.24. The fourth-order valence-electron chi connectivity index (χ4n) is 3.37. The van der Waals surface area contributed by atoms with Crippen LogP contribution in [0.5, 0.6) is 0 Å². The average Bonchev–Trinajstić information content (AvgIpc) is 2.51. The van der Waals surface area contributed by atoms with Crippen molar-refractivity contribution in [1.82, 2.24) is 0 Å². The largest absolute Gasteiger partial charge is 0.0842 e. The first-order chi connectivity index (χ1) is 10.6. The molecule has 126 valence electrons. The summed E-state index contributed by atoms with van der Waals surface area (Å²) in [6.07, 6.45) is 14.4. The molecule has 0 atom stereocenters. The molecule has 22 heavy (non-hydrogen) atoms. The lowest BCUT2D eigenvalue weighted by Gasteiger charge is -2.28. The molecule has 0 aliphatic heterocycles. The van der Waals surface area contributed by atoms with Gasteiger partial charge in [0.2, 0.25) is 0 Å². The SMILES string of the molecule is CCCC[P+](CCCC)(CCCC(C)C)Cc1ccccc1. The van der Waals surface area contributed by atoms with Gasteiger partial charge in [0.05, 0.1) is 24.6 Å². The molecule has 1 heteroatoms. The standard InChI is InChI=1S/C21H38P/c1-5-7-16-22(17-8-6-2,18-12-13-20(3)4)19-21-14-10-9-11-15-21/h9-11,14-15,20H,5-8,12-13,16-19H2,1-4H3/q+1. The van der Waals surface area contributed by atoms with Gasteiger partial charge in [-0.15, -0.1) is 0 Å². The highest BCUT2D eigenvalue weighted by Gasteiger charge is 2.35. The number of hydrogen-bond donors (Lipinski definition) is 0. The number of hydrogen-bond acceptors (Lipinski definition) is 0. The molecule has 0 unspecified atom stereocenters. The average molecular weight is 322 g/mol. The summed E-state index contributed by atoms with van der Waals surface area (Å²) in [5.74, 6) is 0.857. The molecule has 0 amide bonds.